The maximum atomic E-state index is 11.2. The normalized spacial score (nSPS) is 32.8. The van der Waals surface area contributed by atoms with Crippen LogP contribution in [0.25, 0.3) is 0 Å². The van der Waals surface area contributed by atoms with Gasteiger partial charge in [-0.1, -0.05) is 6.07 Å². The average Bonchev–Trinajstić information content (AvgIpc) is 2.96. The van der Waals surface area contributed by atoms with Gasteiger partial charge in [-0.15, -0.1) is 0 Å². The number of likely N-dealkylation sites (tertiary alicyclic amines) is 1. The van der Waals surface area contributed by atoms with E-state index < -0.39 is 5.60 Å². The predicted molar refractivity (Wildman–Crippen MR) is 84.2 cm³/mol. The Morgan fingerprint density at radius 3 is 2.77 bits per heavy atom. The van der Waals surface area contributed by atoms with Crippen molar-refractivity contribution in [2.45, 2.75) is 56.7 Å². The van der Waals surface area contributed by atoms with Crippen LogP contribution in [0.3, 0.4) is 0 Å². The molecule has 2 N–H and O–H groups in total. The van der Waals surface area contributed by atoms with E-state index in [-0.39, 0.29) is 11.9 Å². The number of nitrogens with one attached hydrogen (secondary N) is 1. The summed E-state index contributed by atoms with van der Waals surface area (Å²) < 4.78 is 0. The van der Waals surface area contributed by atoms with Crippen molar-refractivity contribution in [3.05, 3.63) is 30.1 Å². The molecule has 1 aromatic rings. The third kappa shape index (κ3) is 3.31. The minimum Gasteiger partial charge on any atom is -0.384 e. The summed E-state index contributed by atoms with van der Waals surface area (Å²) in [5.74, 6) is 0.0556. The molecule has 120 valence electrons. The lowest BCUT2D eigenvalue weighted by Gasteiger charge is -2.39. The molecule has 1 aliphatic carbocycles. The Bertz CT molecular complexity index is 512. The number of hydrogen-bond acceptors (Lipinski definition) is 4. The minimum atomic E-state index is -0.769. The van der Waals surface area contributed by atoms with Gasteiger partial charge < -0.3 is 10.4 Å². The second kappa shape index (κ2) is 6.34. The Kier molecular flexibility index (Phi) is 4.45. The lowest BCUT2D eigenvalue weighted by Crippen LogP contribution is -2.43. The average molecular weight is 303 g/mol. The topological polar surface area (TPSA) is 65.5 Å². The van der Waals surface area contributed by atoms with Gasteiger partial charge >= 0.3 is 0 Å². The van der Waals surface area contributed by atoms with E-state index in [0.717, 1.165) is 50.9 Å². The number of carbonyl (C=O) groups excluding carboxylic acids is 1. The van der Waals surface area contributed by atoms with E-state index >= 15 is 0 Å². The number of carbonyl (C=O) groups is 1. The highest BCUT2D eigenvalue weighted by Crippen LogP contribution is 2.38. The van der Waals surface area contributed by atoms with Gasteiger partial charge in [0.1, 0.15) is 5.60 Å². The van der Waals surface area contributed by atoms with Crippen LogP contribution in [0.2, 0.25) is 0 Å². The number of pyridine rings is 1. The number of hydrogen-bond donors (Lipinski definition) is 2. The van der Waals surface area contributed by atoms with E-state index in [9.17, 15) is 9.90 Å². The Labute approximate surface area is 131 Å². The summed E-state index contributed by atoms with van der Waals surface area (Å²) in [5.41, 5.74) is 0.0279. The van der Waals surface area contributed by atoms with Crippen molar-refractivity contribution in [3.8, 4) is 0 Å². The molecule has 5 nitrogen and oxygen atoms in total. The van der Waals surface area contributed by atoms with E-state index in [0.29, 0.717) is 6.04 Å². The van der Waals surface area contributed by atoms with Gasteiger partial charge in [-0.3, -0.25) is 14.7 Å². The molecular formula is C17H25N3O2. The van der Waals surface area contributed by atoms with Gasteiger partial charge in [0.05, 0.1) is 5.69 Å². The van der Waals surface area contributed by atoms with Crippen LogP contribution >= 0.6 is 0 Å². The summed E-state index contributed by atoms with van der Waals surface area (Å²) in [5, 5.41) is 13.8. The van der Waals surface area contributed by atoms with Crippen LogP contribution < -0.4 is 5.32 Å². The highest BCUT2D eigenvalue weighted by Gasteiger charge is 2.39. The Hall–Kier alpha value is -1.46. The molecule has 1 aromatic heterocycles. The first-order valence-corrected chi connectivity index (χ1v) is 8.22. The van der Waals surface area contributed by atoms with Crippen molar-refractivity contribution < 1.29 is 9.90 Å². The van der Waals surface area contributed by atoms with Crippen molar-refractivity contribution in [1.82, 2.24) is 15.2 Å². The number of nitrogens with zero attached hydrogens (tertiary/aromatic N) is 2. The van der Waals surface area contributed by atoms with Crippen molar-refractivity contribution in [2.75, 3.05) is 13.1 Å². The third-order valence-corrected chi connectivity index (χ3v) is 5.07. The first-order chi connectivity index (χ1) is 10.6. The van der Waals surface area contributed by atoms with E-state index in [2.05, 4.69) is 15.2 Å². The molecule has 0 aromatic carbocycles. The molecule has 2 heterocycles. The molecule has 0 bridgehead atoms. The summed E-state index contributed by atoms with van der Waals surface area (Å²) in [6.45, 7) is 3.56. The van der Waals surface area contributed by atoms with Crippen molar-refractivity contribution in [2.24, 2.45) is 0 Å². The van der Waals surface area contributed by atoms with Crippen LogP contribution in [-0.2, 0) is 10.4 Å². The molecule has 0 spiro atoms. The molecule has 2 aliphatic rings. The molecule has 1 amide bonds. The van der Waals surface area contributed by atoms with Gasteiger partial charge in [0.25, 0.3) is 0 Å². The van der Waals surface area contributed by atoms with E-state index in [4.69, 9.17) is 0 Å². The number of rotatable bonds is 3. The van der Waals surface area contributed by atoms with Crippen molar-refractivity contribution >= 4 is 5.91 Å². The predicted octanol–water partition coefficient (Wildman–Crippen LogP) is 1.42. The standard InChI is InChI=1S/C17H25N3O2/c1-13(21)19-14-7-11-20(12-14)15-5-8-17(22,9-6-15)16-4-2-3-10-18-16/h2-4,10,14-15,22H,5-9,11-12H2,1H3,(H,19,21). The minimum absolute atomic E-state index is 0.0556. The summed E-state index contributed by atoms with van der Waals surface area (Å²) in [4.78, 5) is 18.0. The molecule has 5 heteroatoms. The zero-order chi connectivity index (χ0) is 15.6. The summed E-state index contributed by atoms with van der Waals surface area (Å²) in [6, 6.07) is 6.54. The quantitative estimate of drug-likeness (QED) is 0.886. The fourth-order valence-electron chi connectivity index (χ4n) is 3.86. The molecule has 1 saturated heterocycles. The van der Waals surface area contributed by atoms with Crippen LogP contribution in [-0.4, -0.2) is 46.1 Å². The van der Waals surface area contributed by atoms with Gasteiger partial charge in [-0.2, -0.15) is 0 Å². The summed E-state index contributed by atoms with van der Waals surface area (Å²) >= 11 is 0. The van der Waals surface area contributed by atoms with Crippen LogP contribution in [0.1, 0.15) is 44.7 Å². The van der Waals surface area contributed by atoms with Crippen LogP contribution in [0.5, 0.6) is 0 Å². The highest BCUT2D eigenvalue weighted by molar-refractivity contribution is 5.73. The molecule has 0 radical (unpaired) electrons. The van der Waals surface area contributed by atoms with Gasteiger partial charge in [0.2, 0.25) is 5.91 Å². The van der Waals surface area contributed by atoms with Gasteiger partial charge in [0.15, 0.2) is 0 Å². The fraction of sp³-hybridized carbons (Fsp3) is 0.647. The van der Waals surface area contributed by atoms with Crippen LogP contribution in [0, 0.1) is 0 Å². The monoisotopic (exact) mass is 303 g/mol. The maximum absolute atomic E-state index is 11.2. The maximum Gasteiger partial charge on any atom is 0.217 e. The molecular weight excluding hydrogens is 278 g/mol. The number of amides is 1. The van der Waals surface area contributed by atoms with E-state index in [1.54, 1.807) is 13.1 Å². The van der Waals surface area contributed by atoms with Crippen LogP contribution in [0.15, 0.2) is 24.4 Å². The smallest absolute Gasteiger partial charge is 0.217 e. The lowest BCUT2D eigenvalue weighted by molar-refractivity contribution is -0.119. The zero-order valence-corrected chi connectivity index (χ0v) is 13.2. The van der Waals surface area contributed by atoms with Gasteiger partial charge in [0, 0.05) is 38.3 Å². The fourth-order valence-corrected chi connectivity index (χ4v) is 3.86. The molecule has 3 rings (SSSR count). The Balaban J connectivity index is 1.55. The summed E-state index contributed by atoms with van der Waals surface area (Å²) in [6.07, 6.45) is 6.27. The Morgan fingerprint density at radius 1 is 1.36 bits per heavy atom. The third-order valence-electron chi connectivity index (χ3n) is 5.07. The van der Waals surface area contributed by atoms with Gasteiger partial charge in [-0.05, 0) is 44.2 Å². The first kappa shape index (κ1) is 15.4. The van der Waals surface area contributed by atoms with Crippen molar-refractivity contribution in [3.63, 3.8) is 0 Å². The molecule has 1 atom stereocenters. The first-order valence-electron chi connectivity index (χ1n) is 8.22. The number of aromatic nitrogens is 1. The number of aliphatic hydroxyl groups is 1. The molecule has 1 aliphatic heterocycles. The molecule has 2 fully saturated rings. The summed E-state index contributed by atoms with van der Waals surface area (Å²) in [7, 11) is 0. The molecule has 1 saturated carbocycles. The van der Waals surface area contributed by atoms with Crippen LogP contribution in [0.4, 0.5) is 0 Å². The van der Waals surface area contributed by atoms with Gasteiger partial charge in [-0.25, -0.2) is 0 Å². The second-order valence-corrected chi connectivity index (χ2v) is 6.66. The molecule has 1 unspecified atom stereocenters. The van der Waals surface area contributed by atoms with E-state index in [1.165, 1.54) is 0 Å². The zero-order valence-electron chi connectivity index (χ0n) is 13.2. The second-order valence-electron chi connectivity index (χ2n) is 6.66. The highest BCUT2D eigenvalue weighted by atomic mass is 16.3. The Morgan fingerprint density at radius 2 is 2.14 bits per heavy atom. The van der Waals surface area contributed by atoms with Crippen molar-refractivity contribution in [1.29, 1.82) is 0 Å². The molecule has 22 heavy (non-hydrogen) atoms. The SMILES string of the molecule is CC(=O)NC1CCN(C2CCC(O)(c3ccccn3)CC2)C1. The van der Waals surface area contributed by atoms with E-state index in [1.807, 2.05) is 18.2 Å². The largest absolute Gasteiger partial charge is 0.384 e. The lowest BCUT2D eigenvalue weighted by atomic mass is 9.79.